The summed E-state index contributed by atoms with van der Waals surface area (Å²) in [4.78, 5) is 22.8. The molecule has 0 aromatic heterocycles. The van der Waals surface area contributed by atoms with Crippen LogP contribution >= 0.6 is 0 Å². The van der Waals surface area contributed by atoms with Crippen molar-refractivity contribution >= 4 is 11.9 Å². The first-order valence-electron chi connectivity index (χ1n) is 7.33. The van der Waals surface area contributed by atoms with Crippen LogP contribution in [-0.4, -0.2) is 18.5 Å². The van der Waals surface area contributed by atoms with Crippen molar-refractivity contribution in [1.29, 1.82) is 0 Å². The molecule has 1 aliphatic rings. The van der Waals surface area contributed by atoms with Crippen molar-refractivity contribution in [3.63, 3.8) is 0 Å². The molecular formula is C18H17N2O3. The first kappa shape index (κ1) is 15.2. The number of hydrogen-bond acceptors (Lipinski definition) is 4. The Hall–Kier alpha value is -2.66. The SMILES string of the molecule is CC(=O)[C](N)NC(=O)OCC1c2ccccc2-c2ccccc21. The van der Waals surface area contributed by atoms with Gasteiger partial charge in [-0.1, -0.05) is 48.5 Å². The highest BCUT2D eigenvalue weighted by Gasteiger charge is 2.29. The summed E-state index contributed by atoms with van der Waals surface area (Å²) in [5, 5.41) is 2.23. The molecule has 2 aromatic rings. The molecule has 1 radical (unpaired) electrons. The molecule has 0 aliphatic heterocycles. The zero-order valence-electron chi connectivity index (χ0n) is 12.7. The van der Waals surface area contributed by atoms with Gasteiger partial charge in [0.25, 0.3) is 0 Å². The maximum absolute atomic E-state index is 11.8. The van der Waals surface area contributed by atoms with Crippen molar-refractivity contribution in [2.45, 2.75) is 12.8 Å². The predicted octanol–water partition coefficient (Wildman–Crippen LogP) is 2.56. The van der Waals surface area contributed by atoms with Crippen LogP contribution in [0.15, 0.2) is 48.5 Å². The van der Waals surface area contributed by atoms with Crippen LogP contribution in [0.25, 0.3) is 11.1 Å². The van der Waals surface area contributed by atoms with Crippen LogP contribution in [0.3, 0.4) is 0 Å². The highest BCUT2D eigenvalue weighted by atomic mass is 16.5. The average Bonchev–Trinajstić information content (AvgIpc) is 2.87. The number of fused-ring (bicyclic) bond motifs is 3. The van der Waals surface area contributed by atoms with Crippen LogP contribution in [0.2, 0.25) is 0 Å². The number of carbonyl (C=O) groups is 2. The number of nitrogens with two attached hydrogens (primary N) is 1. The fraction of sp³-hybridized carbons (Fsp3) is 0.167. The van der Waals surface area contributed by atoms with Crippen LogP contribution in [0.4, 0.5) is 4.79 Å². The van der Waals surface area contributed by atoms with Gasteiger partial charge in [-0.2, -0.15) is 0 Å². The van der Waals surface area contributed by atoms with E-state index in [0.717, 1.165) is 22.3 Å². The van der Waals surface area contributed by atoms with Crippen LogP contribution in [0, 0.1) is 6.17 Å². The van der Waals surface area contributed by atoms with Gasteiger partial charge < -0.3 is 4.74 Å². The minimum absolute atomic E-state index is 0.0216. The molecule has 0 bridgehead atoms. The topological polar surface area (TPSA) is 81.4 Å². The second kappa shape index (κ2) is 6.22. The summed E-state index contributed by atoms with van der Waals surface area (Å²) in [6, 6.07) is 16.1. The molecule has 23 heavy (non-hydrogen) atoms. The Bertz CT molecular complexity index is 712. The molecule has 0 heterocycles. The number of benzene rings is 2. The lowest BCUT2D eigenvalue weighted by Gasteiger charge is -2.15. The molecular weight excluding hydrogens is 292 g/mol. The first-order chi connectivity index (χ1) is 11.1. The van der Waals surface area contributed by atoms with Gasteiger partial charge >= 0.3 is 6.09 Å². The van der Waals surface area contributed by atoms with Crippen LogP contribution < -0.4 is 11.1 Å². The Morgan fingerprint density at radius 1 is 1.04 bits per heavy atom. The number of ether oxygens (including phenoxy) is 1. The lowest BCUT2D eigenvalue weighted by Crippen LogP contribution is -2.39. The third-order valence-electron chi connectivity index (χ3n) is 3.96. The van der Waals surface area contributed by atoms with Crippen molar-refractivity contribution in [3.8, 4) is 11.1 Å². The largest absolute Gasteiger partial charge is 0.449 e. The number of alkyl carbamates (subject to hydrolysis) is 1. The standard InChI is InChI=1S/C18H17N2O3/c1-11(21)17(19)20-18(22)23-10-16-14-8-4-2-6-12(14)13-7-3-5-9-15(13)16/h2-9,16H,10,19H2,1H3,(H,20,22). The average molecular weight is 309 g/mol. The van der Waals surface area contributed by atoms with E-state index in [9.17, 15) is 9.59 Å². The number of Topliss-reactive ketones (excluding diaryl/α,β-unsaturated/α-hetero) is 1. The quantitative estimate of drug-likeness (QED) is 0.909. The van der Waals surface area contributed by atoms with Crippen molar-refractivity contribution in [3.05, 3.63) is 65.8 Å². The minimum atomic E-state index is -0.723. The maximum Gasteiger partial charge on any atom is 0.409 e. The molecule has 3 rings (SSSR count). The molecule has 0 saturated carbocycles. The van der Waals surface area contributed by atoms with E-state index in [1.165, 1.54) is 6.92 Å². The monoisotopic (exact) mass is 309 g/mol. The molecule has 1 aliphatic carbocycles. The highest BCUT2D eigenvalue weighted by Crippen LogP contribution is 2.44. The van der Waals surface area contributed by atoms with E-state index in [2.05, 4.69) is 17.4 Å². The number of hydrogen-bond donors (Lipinski definition) is 2. The number of carbonyl (C=O) groups excluding carboxylic acids is 2. The van der Waals surface area contributed by atoms with Gasteiger partial charge in [-0.25, -0.2) is 4.79 Å². The summed E-state index contributed by atoms with van der Waals surface area (Å²) >= 11 is 0. The smallest absolute Gasteiger partial charge is 0.409 e. The maximum atomic E-state index is 11.8. The van der Waals surface area contributed by atoms with Gasteiger partial charge in [0.1, 0.15) is 6.61 Å². The summed E-state index contributed by atoms with van der Waals surface area (Å²) in [6.45, 7) is 1.46. The molecule has 1 amide bonds. The highest BCUT2D eigenvalue weighted by molar-refractivity contribution is 5.91. The van der Waals surface area contributed by atoms with Crippen LogP contribution in [-0.2, 0) is 9.53 Å². The molecule has 0 unspecified atom stereocenters. The van der Waals surface area contributed by atoms with Crippen LogP contribution in [0.1, 0.15) is 24.0 Å². The molecule has 117 valence electrons. The number of rotatable bonds is 4. The Morgan fingerprint density at radius 3 is 2.09 bits per heavy atom. The Kier molecular flexibility index (Phi) is 4.12. The van der Waals surface area contributed by atoms with Crippen molar-refractivity contribution < 1.29 is 14.3 Å². The molecule has 0 atom stereocenters. The van der Waals surface area contributed by atoms with Gasteiger partial charge in [-0.3, -0.25) is 15.8 Å². The molecule has 2 aromatic carbocycles. The molecule has 0 saturated heterocycles. The van der Waals surface area contributed by atoms with Gasteiger partial charge in [-0.05, 0) is 29.2 Å². The normalized spacial score (nSPS) is 12.7. The summed E-state index contributed by atoms with van der Waals surface area (Å²) in [7, 11) is 0. The van der Waals surface area contributed by atoms with E-state index in [1.54, 1.807) is 0 Å². The Labute approximate surface area is 134 Å². The predicted molar refractivity (Wildman–Crippen MR) is 86.3 cm³/mol. The van der Waals surface area contributed by atoms with Gasteiger partial charge in [0, 0.05) is 5.92 Å². The van der Waals surface area contributed by atoms with E-state index in [0.29, 0.717) is 0 Å². The third kappa shape index (κ3) is 2.96. The summed E-state index contributed by atoms with van der Waals surface area (Å²) in [6.07, 6.45) is -0.943. The van der Waals surface area contributed by atoms with Crippen molar-refractivity contribution in [2.24, 2.45) is 5.73 Å². The fourth-order valence-corrected chi connectivity index (χ4v) is 2.83. The first-order valence-corrected chi connectivity index (χ1v) is 7.33. The lowest BCUT2D eigenvalue weighted by molar-refractivity contribution is -0.115. The minimum Gasteiger partial charge on any atom is -0.449 e. The number of amides is 1. The van der Waals surface area contributed by atoms with E-state index in [4.69, 9.17) is 10.5 Å². The fourth-order valence-electron chi connectivity index (χ4n) is 2.83. The van der Waals surface area contributed by atoms with Crippen molar-refractivity contribution in [1.82, 2.24) is 5.32 Å². The second-order valence-corrected chi connectivity index (χ2v) is 5.42. The Balaban J connectivity index is 1.76. The van der Waals surface area contributed by atoms with Gasteiger partial charge in [0.05, 0.1) is 0 Å². The third-order valence-corrected chi connectivity index (χ3v) is 3.96. The lowest BCUT2D eigenvalue weighted by atomic mass is 9.98. The zero-order valence-corrected chi connectivity index (χ0v) is 12.7. The zero-order chi connectivity index (χ0) is 16.4. The molecule has 5 nitrogen and oxygen atoms in total. The van der Waals surface area contributed by atoms with Gasteiger partial charge in [-0.15, -0.1) is 0 Å². The van der Waals surface area contributed by atoms with E-state index in [1.807, 2.05) is 36.4 Å². The van der Waals surface area contributed by atoms with E-state index in [-0.39, 0.29) is 18.7 Å². The van der Waals surface area contributed by atoms with E-state index >= 15 is 0 Å². The summed E-state index contributed by atoms with van der Waals surface area (Å²) in [5.74, 6) is -0.426. The second-order valence-electron chi connectivity index (χ2n) is 5.42. The Morgan fingerprint density at radius 2 is 1.57 bits per heavy atom. The molecule has 0 spiro atoms. The number of nitrogens with one attached hydrogen (secondary N) is 1. The molecule has 5 heteroatoms. The molecule has 3 N–H and O–H groups in total. The van der Waals surface area contributed by atoms with E-state index < -0.39 is 11.9 Å². The van der Waals surface area contributed by atoms with Crippen LogP contribution in [0.5, 0.6) is 0 Å². The molecule has 0 fully saturated rings. The van der Waals surface area contributed by atoms with Gasteiger partial charge in [0.2, 0.25) is 0 Å². The van der Waals surface area contributed by atoms with Crippen molar-refractivity contribution in [2.75, 3.05) is 6.61 Å². The summed E-state index contributed by atoms with van der Waals surface area (Å²) < 4.78 is 5.26. The summed E-state index contributed by atoms with van der Waals surface area (Å²) in [5.41, 5.74) is 9.99. The number of ketones is 1. The van der Waals surface area contributed by atoms with Gasteiger partial charge in [0.15, 0.2) is 11.9 Å².